The van der Waals surface area contributed by atoms with Crippen LogP contribution >= 0.6 is 0 Å². The van der Waals surface area contributed by atoms with Gasteiger partial charge in [-0.2, -0.15) is 0 Å². The third kappa shape index (κ3) is 1.81. The zero-order valence-electron chi connectivity index (χ0n) is 8.57. The van der Waals surface area contributed by atoms with Crippen LogP contribution in [0.1, 0.15) is 19.8 Å². The first-order valence-corrected chi connectivity index (χ1v) is 6.95. The molecule has 0 spiro atoms. The van der Waals surface area contributed by atoms with Crippen LogP contribution in [0.5, 0.6) is 0 Å². The minimum atomic E-state index is -2.79. The summed E-state index contributed by atoms with van der Waals surface area (Å²) < 4.78 is 22.9. The molecule has 0 amide bonds. The van der Waals surface area contributed by atoms with E-state index in [0.717, 1.165) is 25.9 Å². The molecule has 0 aliphatic carbocycles. The molecule has 2 saturated heterocycles. The molecule has 4 nitrogen and oxygen atoms in total. The lowest BCUT2D eigenvalue weighted by molar-refractivity contribution is 0.160. The predicted octanol–water partition coefficient (Wildman–Crippen LogP) is -0.403. The summed E-state index contributed by atoms with van der Waals surface area (Å²) in [7, 11) is -2.79. The van der Waals surface area contributed by atoms with E-state index in [4.69, 9.17) is 5.73 Å². The van der Waals surface area contributed by atoms with Gasteiger partial charge in [0, 0.05) is 24.7 Å². The van der Waals surface area contributed by atoms with Crippen LogP contribution in [0, 0.1) is 0 Å². The SMILES string of the molecule is CC1(N2CCC(N)C2)CCS(=O)(=O)C1. The van der Waals surface area contributed by atoms with Crippen molar-refractivity contribution in [2.45, 2.75) is 31.3 Å². The maximum atomic E-state index is 11.4. The summed E-state index contributed by atoms with van der Waals surface area (Å²) in [6.45, 7) is 3.86. The highest BCUT2D eigenvalue weighted by Crippen LogP contribution is 2.31. The average molecular weight is 218 g/mol. The van der Waals surface area contributed by atoms with Gasteiger partial charge in [0.2, 0.25) is 0 Å². The van der Waals surface area contributed by atoms with Gasteiger partial charge in [-0.3, -0.25) is 4.90 Å². The predicted molar refractivity (Wildman–Crippen MR) is 55.8 cm³/mol. The Hall–Kier alpha value is -0.130. The highest BCUT2D eigenvalue weighted by Gasteiger charge is 2.44. The maximum Gasteiger partial charge on any atom is 0.152 e. The van der Waals surface area contributed by atoms with E-state index in [1.54, 1.807) is 0 Å². The van der Waals surface area contributed by atoms with Gasteiger partial charge >= 0.3 is 0 Å². The molecule has 0 bridgehead atoms. The molecular formula is C9H18N2O2S. The van der Waals surface area contributed by atoms with E-state index in [9.17, 15) is 8.42 Å². The first kappa shape index (κ1) is 10.4. The highest BCUT2D eigenvalue weighted by molar-refractivity contribution is 7.91. The molecule has 0 aromatic heterocycles. The molecular weight excluding hydrogens is 200 g/mol. The fraction of sp³-hybridized carbons (Fsp3) is 1.00. The largest absolute Gasteiger partial charge is 0.326 e. The van der Waals surface area contributed by atoms with Crippen molar-refractivity contribution in [3.05, 3.63) is 0 Å². The molecule has 2 unspecified atom stereocenters. The number of hydrogen-bond donors (Lipinski definition) is 1. The molecule has 0 radical (unpaired) electrons. The van der Waals surface area contributed by atoms with Gasteiger partial charge in [-0.25, -0.2) is 8.42 Å². The lowest BCUT2D eigenvalue weighted by Gasteiger charge is -2.34. The second kappa shape index (κ2) is 3.18. The molecule has 2 atom stereocenters. The minimum absolute atomic E-state index is 0.146. The first-order valence-electron chi connectivity index (χ1n) is 5.12. The number of likely N-dealkylation sites (tertiary alicyclic amines) is 1. The van der Waals surface area contributed by atoms with Crippen LogP contribution in [0.15, 0.2) is 0 Å². The summed E-state index contributed by atoms with van der Waals surface area (Å²) in [6, 6.07) is 0.232. The highest BCUT2D eigenvalue weighted by atomic mass is 32.2. The summed E-state index contributed by atoms with van der Waals surface area (Å²) in [5.41, 5.74) is 5.68. The Balaban J connectivity index is 2.11. The third-order valence-electron chi connectivity index (χ3n) is 3.47. The number of rotatable bonds is 1. The van der Waals surface area contributed by atoms with E-state index in [2.05, 4.69) is 11.8 Å². The summed E-state index contributed by atoms with van der Waals surface area (Å²) in [6.07, 6.45) is 1.76. The Morgan fingerprint density at radius 3 is 2.64 bits per heavy atom. The summed E-state index contributed by atoms with van der Waals surface area (Å²) in [5.74, 6) is 0.655. The fourth-order valence-corrected chi connectivity index (χ4v) is 4.69. The minimum Gasteiger partial charge on any atom is -0.326 e. The molecule has 2 N–H and O–H groups in total. The molecule has 2 aliphatic rings. The number of nitrogens with two attached hydrogens (primary N) is 1. The zero-order chi connectivity index (χ0) is 10.4. The summed E-state index contributed by atoms with van der Waals surface area (Å²) in [5, 5.41) is 0. The van der Waals surface area contributed by atoms with Crippen LogP contribution in [-0.4, -0.2) is 49.5 Å². The van der Waals surface area contributed by atoms with Crippen molar-refractivity contribution in [2.24, 2.45) is 5.73 Å². The van der Waals surface area contributed by atoms with Crippen molar-refractivity contribution in [2.75, 3.05) is 24.6 Å². The first-order chi connectivity index (χ1) is 6.41. The van der Waals surface area contributed by atoms with Crippen molar-refractivity contribution in [3.63, 3.8) is 0 Å². The van der Waals surface area contributed by atoms with Crippen LogP contribution < -0.4 is 5.73 Å². The Bertz CT molecular complexity index is 328. The van der Waals surface area contributed by atoms with E-state index in [1.807, 2.05) is 0 Å². The van der Waals surface area contributed by atoms with Gasteiger partial charge in [-0.1, -0.05) is 0 Å². The van der Waals surface area contributed by atoms with Crippen molar-refractivity contribution < 1.29 is 8.42 Å². The molecule has 0 aromatic rings. The van der Waals surface area contributed by atoms with E-state index in [-0.39, 0.29) is 11.6 Å². The van der Waals surface area contributed by atoms with Crippen molar-refractivity contribution in [3.8, 4) is 0 Å². The van der Waals surface area contributed by atoms with Crippen LogP contribution in [0.3, 0.4) is 0 Å². The number of sulfone groups is 1. The maximum absolute atomic E-state index is 11.4. The van der Waals surface area contributed by atoms with Crippen LogP contribution in [0.4, 0.5) is 0 Å². The van der Waals surface area contributed by atoms with Gasteiger partial charge in [-0.15, -0.1) is 0 Å². The fourth-order valence-electron chi connectivity index (χ4n) is 2.52. The second-order valence-electron chi connectivity index (χ2n) is 4.83. The van der Waals surface area contributed by atoms with Gasteiger partial charge in [0.1, 0.15) is 0 Å². The standard InChI is InChI=1S/C9H18N2O2S/c1-9(3-5-14(12,13)7-9)11-4-2-8(10)6-11/h8H,2-7,10H2,1H3. The summed E-state index contributed by atoms with van der Waals surface area (Å²) >= 11 is 0. The number of hydrogen-bond acceptors (Lipinski definition) is 4. The molecule has 2 aliphatic heterocycles. The lowest BCUT2D eigenvalue weighted by atomic mass is 10.0. The van der Waals surface area contributed by atoms with Crippen molar-refractivity contribution >= 4 is 9.84 Å². The Kier molecular flexibility index (Phi) is 2.36. The van der Waals surface area contributed by atoms with E-state index >= 15 is 0 Å². The van der Waals surface area contributed by atoms with E-state index in [0.29, 0.717) is 11.5 Å². The van der Waals surface area contributed by atoms with E-state index in [1.165, 1.54) is 0 Å². The third-order valence-corrected chi connectivity index (χ3v) is 5.36. The normalized spacial score (nSPS) is 43.1. The molecule has 0 saturated carbocycles. The van der Waals surface area contributed by atoms with Gasteiger partial charge in [0.15, 0.2) is 9.84 Å². The Morgan fingerprint density at radius 1 is 1.50 bits per heavy atom. The van der Waals surface area contributed by atoms with Crippen LogP contribution in [0.2, 0.25) is 0 Å². The molecule has 2 fully saturated rings. The van der Waals surface area contributed by atoms with Crippen LogP contribution in [0.25, 0.3) is 0 Å². The van der Waals surface area contributed by atoms with E-state index < -0.39 is 9.84 Å². The molecule has 14 heavy (non-hydrogen) atoms. The molecule has 82 valence electrons. The quantitative estimate of drug-likeness (QED) is 0.650. The number of nitrogens with zero attached hydrogens (tertiary/aromatic N) is 1. The van der Waals surface area contributed by atoms with Crippen molar-refractivity contribution in [1.82, 2.24) is 4.90 Å². The second-order valence-corrected chi connectivity index (χ2v) is 7.02. The molecule has 5 heteroatoms. The zero-order valence-corrected chi connectivity index (χ0v) is 9.39. The monoisotopic (exact) mass is 218 g/mol. The van der Waals surface area contributed by atoms with Crippen molar-refractivity contribution in [1.29, 1.82) is 0 Å². The molecule has 2 heterocycles. The lowest BCUT2D eigenvalue weighted by Crippen LogP contribution is -2.46. The molecule has 2 rings (SSSR count). The van der Waals surface area contributed by atoms with Gasteiger partial charge < -0.3 is 5.73 Å². The van der Waals surface area contributed by atoms with Gasteiger partial charge in [0.25, 0.3) is 0 Å². The Morgan fingerprint density at radius 2 is 2.21 bits per heavy atom. The Labute approximate surface area is 85.4 Å². The van der Waals surface area contributed by atoms with Gasteiger partial charge in [0.05, 0.1) is 11.5 Å². The summed E-state index contributed by atoms with van der Waals surface area (Å²) in [4.78, 5) is 2.25. The van der Waals surface area contributed by atoms with Crippen LogP contribution in [-0.2, 0) is 9.84 Å². The molecule has 0 aromatic carbocycles. The average Bonchev–Trinajstić information content (AvgIpc) is 2.57. The topological polar surface area (TPSA) is 63.4 Å². The van der Waals surface area contributed by atoms with Gasteiger partial charge in [-0.05, 0) is 19.8 Å². The smallest absolute Gasteiger partial charge is 0.152 e.